The van der Waals surface area contributed by atoms with Crippen LogP contribution >= 0.6 is 0 Å². The molecule has 0 unspecified atom stereocenters. The summed E-state index contributed by atoms with van der Waals surface area (Å²) in [7, 11) is 0. The third kappa shape index (κ3) is 8.53. The lowest BCUT2D eigenvalue weighted by Gasteiger charge is -2.13. The van der Waals surface area contributed by atoms with Crippen LogP contribution in [0.3, 0.4) is 0 Å². The average Bonchev–Trinajstić information content (AvgIpc) is 2.70. The molecule has 0 atom stereocenters. The van der Waals surface area contributed by atoms with Gasteiger partial charge in [-0.1, -0.05) is 48.5 Å². The summed E-state index contributed by atoms with van der Waals surface area (Å²) >= 11 is 0. The second kappa shape index (κ2) is 11.4. The van der Waals surface area contributed by atoms with Crippen molar-refractivity contribution in [1.29, 1.82) is 0 Å². The van der Waals surface area contributed by atoms with Crippen molar-refractivity contribution < 1.29 is 23.0 Å². The molecule has 0 aliphatic heterocycles. The summed E-state index contributed by atoms with van der Waals surface area (Å²) in [5, 5.41) is 15.8. The zero-order chi connectivity index (χ0) is 21.1. The third-order valence-corrected chi connectivity index (χ3v) is 4.06. The molecule has 0 aliphatic carbocycles. The molecule has 0 aromatic heterocycles. The topological polar surface area (TPSA) is 65.9 Å². The van der Waals surface area contributed by atoms with Crippen molar-refractivity contribution in [2.75, 3.05) is 13.2 Å². The van der Waals surface area contributed by atoms with E-state index in [0.29, 0.717) is 31.2 Å². The molecule has 29 heavy (non-hydrogen) atoms. The van der Waals surface area contributed by atoms with Gasteiger partial charge in [0.25, 0.3) is 0 Å². The number of alkyl halides is 3. The van der Waals surface area contributed by atoms with E-state index in [4.69, 9.17) is 0 Å². The minimum absolute atomic E-state index is 0.0232. The molecule has 0 saturated carbocycles. The first-order valence-corrected chi connectivity index (χ1v) is 9.33. The van der Waals surface area contributed by atoms with E-state index in [1.807, 2.05) is 43.3 Å². The fraction of sp³-hybridized carbons (Fsp3) is 0.381. The Kier molecular flexibility index (Phi) is 8.95. The highest BCUT2D eigenvalue weighted by atomic mass is 19.4. The Bertz CT molecular complexity index is 777. The van der Waals surface area contributed by atoms with Crippen LogP contribution in [-0.2, 0) is 31.0 Å². The normalized spacial score (nSPS) is 12.1. The van der Waals surface area contributed by atoms with Gasteiger partial charge in [0, 0.05) is 13.1 Å². The summed E-state index contributed by atoms with van der Waals surface area (Å²) in [5.74, 6) is 0.637. The van der Waals surface area contributed by atoms with E-state index in [9.17, 15) is 18.3 Å². The van der Waals surface area contributed by atoms with E-state index in [-0.39, 0.29) is 13.2 Å². The lowest BCUT2D eigenvalue weighted by atomic mass is 10.1. The first-order chi connectivity index (χ1) is 13.9. The second-order valence-electron chi connectivity index (χ2n) is 6.40. The summed E-state index contributed by atoms with van der Waals surface area (Å²) in [6.07, 6.45) is -4.32. The van der Waals surface area contributed by atoms with Gasteiger partial charge in [0.15, 0.2) is 5.96 Å². The van der Waals surface area contributed by atoms with Crippen LogP contribution in [0, 0.1) is 0 Å². The Morgan fingerprint density at radius 1 is 1.00 bits per heavy atom. The molecule has 0 bridgehead atoms. The number of hydrogen-bond donors (Lipinski definition) is 3. The smallest absolute Gasteiger partial charge is 0.392 e. The van der Waals surface area contributed by atoms with Gasteiger partial charge in [-0.3, -0.25) is 0 Å². The lowest BCUT2D eigenvalue weighted by Crippen LogP contribution is -2.37. The summed E-state index contributed by atoms with van der Waals surface area (Å²) in [5.41, 5.74) is 3.45. The van der Waals surface area contributed by atoms with Gasteiger partial charge >= 0.3 is 6.18 Å². The number of halogens is 3. The SMILES string of the molecule is CCNC(=NCc1ccc(COCC(F)(F)F)cc1)NCc1ccccc1CO. The van der Waals surface area contributed by atoms with Gasteiger partial charge in [-0.15, -0.1) is 0 Å². The molecule has 0 fully saturated rings. The highest BCUT2D eigenvalue weighted by molar-refractivity contribution is 5.79. The molecule has 0 radical (unpaired) electrons. The number of guanidine groups is 1. The molecule has 8 heteroatoms. The molecule has 2 aromatic carbocycles. The van der Waals surface area contributed by atoms with Gasteiger partial charge in [0.05, 0.1) is 19.8 Å². The molecule has 2 rings (SSSR count). The highest BCUT2D eigenvalue weighted by Gasteiger charge is 2.27. The molecule has 0 amide bonds. The molecule has 5 nitrogen and oxygen atoms in total. The fourth-order valence-corrected chi connectivity index (χ4v) is 2.60. The maximum absolute atomic E-state index is 12.1. The van der Waals surface area contributed by atoms with E-state index in [0.717, 1.165) is 16.7 Å². The number of ether oxygens (including phenoxy) is 1. The van der Waals surface area contributed by atoms with Crippen molar-refractivity contribution in [1.82, 2.24) is 10.6 Å². The van der Waals surface area contributed by atoms with E-state index in [1.54, 1.807) is 12.1 Å². The Hall–Kier alpha value is -2.58. The number of aliphatic imine (C=N–C) groups is 1. The lowest BCUT2D eigenvalue weighted by molar-refractivity contribution is -0.176. The second-order valence-corrected chi connectivity index (χ2v) is 6.40. The van der Waals surface area contributed by atoms with Crippen LogP contribution in [0.2, 0.25) is 0 Å². The summed E-state index contributed by atoms with van der Waals surface area (Å²) in [4.78, 5) is 4.53. The van der Waals surface area contributed by atoms with Crippen LogP contribution in [0.4, 0.5) is 13.2 Å². The van der Waals surface area contributed by atoms with E-state index < -0.39 is 12.8 Å². The number of nitrogens with zero attached hydrogens (tertiary/aromatic N) is 1. The highest BCUT2D eigenvalue weighted by Crippen LogP contribution is 2.16. The molecule has 2 aromatic rings. The van der Waals surface area contributed by atoms with Gasteiger partial charge in [-0.25, -0.2) is 4.99 Å². The molecule has 3 N–H and O–H groups in total. The number of hydrogen-bond acceptors (Lipinski definition) is 3. The molecule has 0 spiro atoms. The van der Waals surface area contributed by atoms with Crippen LogP contribution in [0.15, 0.2) is 53.5 Å². The van der Waals surface area contributed by atoms with E-state index >= 15 is 0 Å². The molecular formula is C21H26F3N3O2. The average molecular weight is 409 g/mol. The number of benzene rings is 2. The number of nitrogens with one attached hydrogen (secondary N) is 2. The largest absolute Gasteiger partial charge is 0.411 e. The molecule has 0 saturated heterocycles. The van der Waals surface area contributed by atoms with Crippen molar-refractivity contribution >= 4 is 5.96 Å². The summed E-state index contributed by atoms with van der Waals surface area (Å²) in [6, 6.07) is 14.7. The zero-order valence-electron chi connectivity index (χ0n) is 16.3. The Labute approximate surface area is 168 Å². The monoisotopic (exact) mass is 409 g/mol. The van der Waals surface area contributed by atoms with Crippen LogP contribution < -0.4 is 10.6 Å². The summed E-state index contributed by atoms with van der Waals surface area (Å²) in [6.45, 7) is 2.24. The Morgan fingerprint density at radius 3 is 2.28 bits per heavy atom. The maximum Gasteiger partial charge on any atom is 0.411 e. The molecule has 158 valence electrons. The van der Waals surface area contributed by atoms with Gasteiger partial charge in [0.1, 0.15) is 6.61 Å². The van der Waals surface area contributed by atoms with Crippen LogP contribution in [0.25, 0.3) is 0 Å². The third-order valence-electron chi connectivity index (χ3n) is 4.06. The van der Waals surface area contributed by atoms with Crippen LogP contribution in [0.5, 0.6) is 0 Å². The van der Waals surface area contributed by atoms with Crippen molar-refractivity contribution in [3.05, 3.63) is 70.8 Å². The van der Waals surface area contributed by atoms with Crippen LogP contribution in [0.1, 0.15) is 29.2 Å². The van der Waals surface area contributed by atoms with E-state index in [2.05, 4.69) is 20.4 Å². The quantitative estimate of drug-likeness (QED) is 0.438. The van der Waals surface area contributed by atoms with Gasteiger partial charge in [-0.2, -0.15) is 13.2 Å². The predicted octanol–water partition coefficient (Wildman–Crippen LogP) is 3.51. The predicted molar refractivity (Wildman–Crippen MR) is 106 cm³/mol. The van der Waals surface area contributed by atoms with Gasteiger partial charge in [-0.05, 0) is 29.2 Å². The molecule has 0 heterocycles. The minimum Gasteiger partial charge on any atom is -0.392 e. The van der Waals surface area contributed by atoms with Gasteiger partial charge in [0.2, 0.25) is 0 Å². The minimum atomic E-state index is -4.32. The van der Waals surface area contributed by atoms with Crippen LogP contribution in [-0.4, -0.2) is 30.4 Å². The maximum atomic E-state index is 12.1. The van der Waals surface area contributed by atoms with Crippen molar-refractivity contribution in [2.24, 2.45) is 4.99 Å². The molecular weight excluding hydrogens is 383 g/mol. The van der Waals surface area contributed by atoms with E-state index in [1.165, 1.54) is 0 Å². The fourth-order valence-electron chi connectivity index (χ4n) is 2.60. The van der Waals surface area contributed by atoms with Crippen molar-refractivity contribution in [2.45, 2.75) is 39.4 Å². The van der Waals surface area contributed by atoms with Gasteiger partial charge < -0.3 is 20.5 Å². The van der Waals surface area contributed by atoms with Crippen molar-refractivity contribution in [3.63, 3.8) is 0 Å². The summed E-state index contributed by atoms with van der Waals surface area (Å²) < 4.78 is 41.0. The Morgan fingerprint density at radius 2 is 1.66 bits per heavy atom. The first-order valence-electron chi connectivity index (χ1n) is 9.33. The standard InChI is InChI=1S/C21H26F3N3O2/c1-2-25-20(27-12-18-5-3-4-6-19(18)13-28)26-11-16-7-9-17(10-8-16)14-29-15-21(22,23)24/h3-10,28H,2,11-15H2,1H3,(H2,25,26,27). The number of aliphatic hydroxyl groups is 1. The van der Waals surface area contributed by atoms with Crippen molar-refractivity contribution in [3.8, 4) is 0 Å². The Balaban J connectivity index is 1.90. The number of rotatable bonds is 9. The zero-order valence-corrected chi connectivity index (χ0v) is 16.3. The first kappa shape index (κ1) is 22.7. The molecule has 0 aliphatic rings. The number of aliphatic hydroxyl groups excluding tert-OH is 1.